The van der Waals surface area contributed by atoms with E-state index in [1.807, 2.05) is 0 Å². The molecule has 106 valence electrons. The van der Waals surface area contributed by atoms with E-state index in [9.17, 15) is 16.8 Å². The molecule has 0 aromatic carbocycles. The fraction of sp³-hybridized carbons (Fsp3) is 1.00. The van der Waals surface area contributed by atoms with Gasteiger partial charge in [0.2, 0.25) is 0 Å². The van der Waals surface area contributed by atoms with Gasteiger partial charge in [0, 0.05) is 12.6 Å². The SMILES string of the molecule is O=S1(=O)CC[C@H](NCCO[C@H]2CCS(=O)(=O)C2)C1. The van der Waals surface area contributed by atoms with Crippen LogP contribution in [0, 0.1) is 0 Å². The molecule has 0 aromatic heterocycles. The minimum Gasteiger partial charge on any atom is -0.376 e. The molecule has 2 fully saturated rings. The highest BCUT2D eigenvalue weighted by molar-refractivity contribution is 7.91. The monoisotopic (exact) mass is 297 g/mol. The maximum Gasteiger partial charge on any atom is 0.152 e. The Morgan fingerprint density at radius 3 is 2.22 bits per heavy atom. The highest BCUT2D eigenvalue weighted by Crippen LogP contribution is 2.14. The summed E-state index contributed by atoms with van der Waals surface area (Å²) in [5.74, 6) is 0.786. The van der Waals surface area contributed by atoms with Crippen LogP contribution in [0.5, 0.6) is 0 Å². The predicted octanol–water partition coefficient (Wildman–Crippen LogP) is -1.03. The van der Waals surface area contributed by atoms with Crippen LogP contribution >= 0.6 is 0 Å². The van der Waals surface area contributed by atoms with Crippen molar-refractivity contribution in [3.63, 3.8) is 0 Å². The van der Waals surface area contributed by atoms with Gasteiger partial charge in [0.1, 0.15) is 0 Å². The summed E-state index contributed by atoms with van der Waals surface area (Å²) in [7, 11) is -5.73. The second-order valence-corrected chi connectivity index (χ2v) is 9.41. The molecule has 1 N–H and O–H groups in total. The molecule has 2 aliphatic rings. The molecule has 2 rings (SSSR count). The Morgan fingerprint density at radius 2 is 1.67 bits per heavy atom. The first kappa shape index (κ1) is 14.2. The Morgan fingerprint density at radius 1 is 1.00 bits per heavy atom. The van der Waals surface area contributed by atoms with Crippen LogP contribution in [0.25, 0.3) is 0 Å². The van der Waals surface area contributed by atoms with Gasteiger partial charge >= 0.3 is 0 Å². The lowest BCUT2D eigenvalue weighted by Gasteiger charge is -2.13. The standard InChI is InChI=1S/C10H19NO5S2/c12-17(13)5-1-9(7-17)11-3-4-16-10-2-6-18(14,15)8-10/h9-11H,1-8H2/t9-,10-/m0/s1. The fourth-order valence-corrected chi connectivity index (χ4v) is 5.66. The zero-order valence-corrected chi connectivity index (χ0v) is 11.8. The number of rotatable bonds is 5. The van der Waals surface area contributed by atoms with E-state index < -0.39 is 19.7 Å². The Balaban J connectivity index is 1.60. The molecule has 2 aliphatic heterocycles. The van der Waals surface area contributed by atoms with Gasteiger partial charge in [-0.15, -0.1) is 0 Å². The normalized spacial score (nSPS) is 33.8. The third-order valence-corrected chi connectivity index (χ3v) is 6.82. The molecular weight excluding hydrogens is 278 g/mol. The predicted molar refractivity (Wildman–Crippen MR) is 68.1 cm³/mol. The topological polar surface area (TPSA) is 89.5 Å². The number of sulfone groups is 2. The molecule has 8 heteroatoms. The largest absolute Gasteiger partial charge is 0.376 e. The van der Waals surface area contributed by atoms with Crippen molar-refractivity contribution < 1.29 is 21.6 Å². The molecule has 0 unspecified atom stereocenters. The summed E-state index contributed by atoms with van der Waals surface area (Å²) < 4.78 is 50.3. The minimum atomic E-state index is -2.89. The molecule has 0 saturated carbocycles. The highest BCUT2D eigenvalue weighted by atomic mass is 32.2. The molecule has 2 heterocycles. The van der Waals surface area contributed by atoms with Gasteiger partial charge in [-0.2, -0.15) is 0 Å². The van der Waals surface area contributed by atoms with E-state index in [0.29, 0.717) is 26.0 Å². The number of ether oxygens (including phenoxy) is 1. The van der Waals surface area contributed by atoms with Crippen molar-refractivity contribution in [1.82, 2.24) is 5.32 Å². The van der Waals surface area contributed by atoms with Gasteiger partial charge < -0.3 is 10.1 Å². The summed E-state index contributed by atoms with van der Waals surface area (Å²) in [4.78, 5) is 0. The number of nitrogens with one attached hydrogen (secondary N) is 1. The average Bonchev–Trinajstić information content (AvgIpc) is 2.76. The molecule has 2 saturated heterocycles. The number of hydrogen-bond acceptors (Lipinski definition) is 6. The number of hydrogen-bond donors (Lipinski definition) is 1. The zero-order valence-electron chi connectivity index (χ0n) is 10.2. The van der Waals surface area contributed by atoms with Crippen molar-refractivity contribution in [2.75, 3.05) is 36.2 Å². The van der Waals surface area contributed by atoms with Crippen molar-refractivity contribution in [1.29, 1.82) is 0 Å². The van der Waals surface area contributed by atoms with Crippen LogP contribution in [0.1, 0.15) is 12.8 Å². The van der Waals surface area contributed by atoms with Crippen molar-refractivity contribution >= 4 is 19.7 Å². The van der Waals surface area contributed by atoms with Gasteiger partial charge in [0.25, 0.3) is 0 Å². The molecule has 0 aliphatic carbocycles. The summed E-state index contributed by atoms with van der Waals surface area (Å²) in [5.41, 5.74) is 0. The van der Waals surface area contributed by atoms with E-state index in [0.717, 1.165) is 0 Å². The van der Waals surface area contributed by atoms with Crippen LogP contribution < -0.4 is 5.32 Å². The van der Waals surface area contributed by atoms with Crippen LogP contribution in [0.3, 0.4) is 0 Å². The van der Waals surface area contributed by atoms with Crippen LogP contribution in [0.4, 0.5) is 0 Å². The van der Waals surface area contributed by atoms with E-state index in [1.165, 1.54) is 0 Å². The summed E-state index contributed by atoms with van der Waals surface area (Å²) in [5, 5.41) is 3.13. The molecule has 6 nitrogen and oxygen atoms in total. The summed E-state index contributed by atoms with van der Waals surface area (Å²) in [6.45, 7) is 0.994. The van der Waals surface area contributed by atoms with Gasteiger partial charge in [0.05, 0.1) is 35.7 Å². The maximum atomic E-state index is 11.2. The van der Waals surface area contributed by atoms with Crippen LogP contribution in [-0.4, -0.2) is 65.1 Å². The van der Waals surface area contributed by atoms with E-state index in [2.05, 4.69) is 5.32 Å². The third kappa shape index (κ3) is 4.18. The van der Waals surface area contributed by atoms with Crippen molar-refractivity contribution in [2.24, 2.45) is 0 Å². The Bertz CT molecular complexity index is 438. The lowest BCUT2D eigenvalue weighted by atomic mass is 10.3. The molecule has 0 aromatic rings. The molecule has 0 bridgehead atoms. The molecule has 18 heavy (non-hydrogen) atoms. The second kappa shape index (κ2) is 5.44. The Hall–Kier alpha value is -0.180. The Labute approximate surface area is 108 Å². The average molecular weight is 297 g/mol. The van der Waals surface area contributed by atoms with Gasteiger partial charge in [0.15, 0.2) is 19.7 Å². The van der Waals surface area contributed by atoms with Crippen molar-refractivity contribution in [3.8, 4) is 0 Å². The fourth-order valence-electron chi connectivity index (χ4n) is 2.34. The second-order valence-electron chi connectivity index (χ2n) is 4.95. The van der Waals surface area contributed by atoms with Crippen LogP contribution in [0.15, 0.2) is 0 Å². The third-order valence-electron chi connectivity index (χ3n) is 3.31. The van der Waals surface area contributed by atoms with Gasteiger partial charge in [-0.1, -0.05) is 0 Å². The molecule has 0 spiro atoms. The minimum absolute atomic E-state index is 0.0194. The Kier molecular flexibility index (Phi) is 4.30. The van der Waals surface area contributed by atoms with E-state index >= 15 is 0 Å². The summed E-state index contributed by atoms with van der Waals surface area (Å²) in [6.07, 6.45) is 1.03. The smallest absolute Gasteiger partial charge is 0.152 e. The van der Waals surface area contributed by atoms with Crippen molar-refractivity contribution in [3.05, 3.63) is 0 Å². The lowest BCUT2D eigenvalue weighted by Crippen LogP contribution is -2.33. The van der Waals surface area contributed by atoms with Crippen LogP contribution in [-0.2, 0) is 24.4 Å². The molecule has 0 radical (unpaired) electrons. The van der Waals surface area contributed by atoms with Crippen molar-refractivity contribution in [2.45, 2.75) is 25.0 Å². The van der Waals surface area contributed by atoms with E-state index in [-0.39, 0.29) is 35.2 Å². The summed E-state index contributed by atoms with van der Waals surface area (Å²) in [6, 6.07) is 0.0194. The maximum absolute atomic E-state index is 11.2. The molecule has 2 atom stereocenters. The lowest BCUT2D eigenvalue weighted by molar-refractivity contribution is 0.0719. The molecule has 0 amide bonds. The highest BCUT2D eigenvalue weighted by Gasteiger charge is 2.29. The quantitative estimate of drug-likeness (QED) is 0.653. The van der Waals surface area contributed by atoms with Gasteiger partial charge in [-0.3, -0.25) is 0 Å². The van der Waals surface area contributed by atoms with E-state index in [4.69, 9.17) is 4.74 Å². The zero-order chi connectivity index (χ0) is 13.2. The first-order valence-electron chi connectivity index (χ1n) is 6.12. The van der Waals surface area contributed by atoms with Gasteiger partial charge in [-0.25, -0.2) is 16.8 Å². The first-order valence-corrected chi connectivity index (χ1v) is 9.76. The van der Waals surface area contributed by atoms with E-state index in [1.54, 1.807) is 0 Å². The van der Waals surface area contributed by atoms with Crippen LogP contribution in [0.2, 0.25) is 0 Å². The summed E-state index contributed by atoms with van der Waals surface area (Å²) >= 11 is 0. The van der Waals surface area contributed by atoms with Gasteiger partial charge in [-0.05, 0) is 12.8 Å². The first-order chi connectivity index (χ1) is 8.36. The molecular formula is C10H19NO5S2.